The average Bonchev–Trinajstić information content (AvgIpc) is 2.63. The number of carbonyl (C=O) groups excluding carboxylic acids is 1. The third kappa shape index (κ3) is 3.16. The first kappa shape index (κ1) is 15.0. The van der Waals surface area contributed by atoms with Crippen molar-refractivity contribution in [3.05, 3.63) is 84.4 Å². The molecule has 0 aliphatic carbocycles. The summed E-state index contributed by atoms with van der Waals surface area (Å²) in [6, 6.07) is 25.8. The standard InChI is InChI=1S/C21H18O2/c1-2-23-21(22)19-15-9-14-18(16-10-5-3-6-11-16)20(19)17-12-7-4-8-13-17/h3-15H,2H2,1H3. The van der Waals surface area contributed by atoms with Gasteiger partial charge in [0.25, 0.3) is 0 Å². The summed E-state index contributed by atoms with van der Waals surface area (Å²) >= 11 is 0. The Kier molecular flexibility index (Phi) is 4.53. The minimum atomic E-state index is -0.288. The van der Waals surface area contributed by atoms with Gasteiger partial charge in [-0.3, -0.25) is 0 Å². The van der Waals surface area contributed by atoms with Crippen LogP contribution in [0.15, 0.2) is 78.9 Å². The fourth-order valence-electron chi connectivity index (χ4n) is 2.71. The van der Waals surface area contributed by atoms with Crippen molar-refractivity contribution in [3.63, 3.8) is 0 Å². The smallest absolute Gasteiger partial charge is 0.338 e. The van der Waals surface area contributed by atoms with E-state index in [0.29, 0.717) is 12.2 Å². The van der Waals surface area contributed by atoms with Crippen molar-refractivity contribution in [1.29, 1.82) is 0 Å². The van der Waals surface area contributed by atoms with Crippen LogP contribution in [0.5, 0.6) is 0 Å². The number of hydrogen-bond acceptors (Lipinski definition) is 2. The Bertz CT molecular complexity index is 793. The largest absolute Gasteiger partial charge is 0.462 e. The molecule has 0 spiro atoms. The molecule has 3 rings (SSSR count). The molecule has 2 heteroatoms. The Labute approximate surface area is 136 Å². The van der Waals surface area contributed by atoms with Crippen LogP contribution < -0.4 is 0 Å². The normalized spacial score (nSPS) is 10.3. The van der Waals surface area contributed by atoms with Gasteiger partial charge >= 0.3 is 5.97 Å². The number of hydrogen-bond donors (Lipinski definition) is 0. The van der Waals surface area contributed by atoms with Gasteiger partial charge in [-0.25, -0.2) is 4.79 Å². The lowest BCUT2D eigenvalue weighted by Gasteiger charge is -2.15. The van der Waals surface area contributed by atoms with Crippen LogP contribution >= 0.6 is 0 Å². The number of ether oxygens (including phenoxy) is 1. The van der Waals surface area contributed by atoms with Gasteiger partial charge in [0.15, 0.2) is 0 Å². The molecule has 0 saturated heterocycles. The predicted molar refractivity (Wildman–Crippen MR) is 93.3 cm³/mol. The van der Waals surface area contributed by atoms with E-state index in [0.717, 1.165) is 22.3 Å². The molecule has 0 aromatic heterocycles. The van der Waals surface area contributed by atoms with E-state index in [2.05, 4.69) is 12.1 Å². The van der Waals surface area contributed by atoms with Gasteiger partial charge in [-0.05, 0) is 29.7 Å². The molecule has 0 aliphatic rings. The molecule has 0 N–H and O–H groups in total. The molecule has 3 aromatic rings. The molecule has 114 valence electrons. The highest BCUT2D eigenvalue weighted by Gasteiger charge is 2.18. The van der Waals surface area contributed by atoms with Crippen molar-refractivity contribution in [3.8, 4) is 22.3 Å². The molecule has 2 nitrogen and oxygen atoms in total. The van der Waals surface area contributed by atoms with Crippen molar-refractivity contribution in [2.24, 2.45) is 0 Å². The van der Waals surface area contributed by atoms with E-state index in [4.69, 9.17) is 4.74 Å². The van der Waals surface area contributed by atoms with Crippen LogP contribution in [-0.4, -0.2) is 12.6 Å². The van der Waals surface area contributed by atoms with Gasteiger partial charge in [0, 0.05) is 5.56 Å². The molecule has 0 bridgehead atoms. The Balaban J connectivity index is 2.25. The van der Waals surface area contributed by atoms with Crippen molar-refractivity contribution in [2.45, 2.75) is 6.92 Å². The summed E-state index contributed by atoms with van der Waals surface area (Å²) in [6.45, 7) is 2.18. The van der Waals surface area contributed by atoms with Gasteiger partial charge in [0.05, 0.1) is 12.2 Å². The third-order valence-electron chi connectivity index (χ3n) is 3.71. The van der Waals surface area contributed by atoms with Crippen LogP contribution in [0, 0.1) is 0 Å². The van der Waals surface area contributed by atoms with E-state index < -0.39 is 0 Å². The number of benzene rings is 3. The van der Waals surface area contributed by atoms with Crippen molar-refractivity contribution < 1.29 is 9.53 Å². The fourth-order valence-corrected chi connectivity index (χ4v) is 2.71. The summed E-state index contributed by atoms with van der Waals surface area (Å²) in [5.74, 6) is -0.288. The zero-order chi connectivity index (χ0) is 16.1. The summed E-state index contributed by atoms with van der Waals surface area (Å²) in [6.07, 6.45) is 0. The zero-order valence-electron chi connectivity index (χ0n) is 13.0. The molecule has 0 unspecified atom stereocenters. The highest BCUT2D eigenvalue weighted by atomic mass is 16.5. The lowest BCUT2D eigenvalue weighted by atomic mass is 9.90. The molecule has 0 aliphatic heterocycles. The van der Waals surface area contributed by atoms with E-state index in [9.17, 15) is 4.79 Å². The van der Waals surface area contributed by atoms with Crippen LogP contribution in [0.4, 0.5) is 0 Å². The molecule has 23 heavy (non-hydrogen) atoms. The maximum atomic E-state index is 12.4. The van der Waals surface area contributed by atoms with Gasteiger partial charge < -0.3 is 4.74 Å². The van der Waals surface area contributed by atoms with Gasteiger partial charge in [0.2, 0.25) is 0 Å². The maximum absolute atomic E-state index is 12.4. The van der Waals surface area contributed by atoms with Gasteiger partial charge in [0.1, 0.15) is 0 Å². The fraction of sp³-hybridized carbons (Fsp3) is 0.0952. The topological polar surface area (TPSA) is 26.3 Å². The van der Waals surface area contributed by atoms with Crippen LogP contribution in [0.25, 0.3) is 22.3 Å². The molecule has 0 heterocycles. The molecule has 0 fully saturated rings. The molecule has 0 amide bonds. The first-order valence-corrected chi connectivity index (χ1v) is 7.72. The van der Waals surface area contributed by atoms with Crippen LogP contribution in [-0.2, 0) is 4.74 Å². The first-order chi connectivity index (χ1) is 11.3. The highest BCUT2D eigenvalue weighted by Crippen LogP contribution is 2.35. The van der Waals surface area contributed by atoms with Crippen LogP contribution in [0.1, 0.15) is 17.3 Å². The van der Waals surface area contributed by atoms with Gasteiger partial charge in [-0.2, -0.15) is 0 Å². The number of rotatable bonds is 4. The van der Waals surface area contributed by atoms with E-state index in [-0.39, 0.29) is 5.97 Å². The SMILES string of the molecule is CCOC(=O)c1cccc(-c2ccccc2)c1-c1ccccc1. The Morgan fingerprint density at radius 2 is 1.39 bits per heavy atom. The molecule has 0 radical (unpaired) electrons. The highest BCUT2D eigenvalue weighted by molar-refractivity contribution is 6.02. The Morgan fingerprint density at radius 1 is 0.783 bits per heavy atom. The third-order valence-corrected chi connectivity index (χ3v) is 3.71. The summed E-state index contributed by atoms with van der Waals surface area (Å²) in [5, 5.41) is 0. The van der Waals surface area contributed by atoms with E-state index in [1.807, 2.05) is 73.7 Å². The van der Waals surface area contributed by atoms with E-state index in [1.165, 1.54) is 0 Å². The monoisotopic (exact) mass is 302 g/mol. The number of carbonyl (C=O) groups is 1. The van der Waals surface area contributed by atoms with Crippen LogP contribution in [0.2, 0.25) is 0 Å². The summed E-state index contributed by atoms with van der Waals surface area (Å²) in [5.41, 5.74) is 4.63. The van der Waals surface area contributed by atoms with Crippen molar-refractivity contribution >= 4 is 5.97 Å². The minimum Gasteiger partial charge on any atom is -0.462 e. The quantitative estimate of drug-likeness (QED) is 0.619. The predicted octanol–water partition coefficient (Wildman–Crippen LogP) is 5.20. The summed E-state index contributed by atoms with van der Waals surface area (Å²) < 4.78 is 5.24. The lowest BCUT2D eigenvalue weighted by Crippen LogP contribution is -2.07. The Morgan fingerprint density at radius 3 is 2.00 bits per heavy atom. The van der Waals surface area contributed by atoms with Gasteiger partial charge in [-0.15, -0.1) is 0 Å². The van der Waals surface area contributed by atoms with Crippen molar-refractivity contribution in [2.75, 3.05) is 6.61 Å². The lowest BCUT2D eigenvalue weighted by molar-refractivity contribution is 0.0527. The first-order valence-electron chi connectivity index (χ1n) is 7.72. The second-order valence-electron chi connectivity index (χ2n) is 5.18. The molecule has 3 aromatic carbocycles. The average molecular weight is 302 g/mol. The van der Waals surface area contributed by atoms with Crippen LogP contribution in [0.3, 0.4) is 0 Å². The van der Waals surface area contributed by atoms with Crippen molar-refractivity contribution in [1.82, 2.24) is 0 Å². The second kappa shape index (κ2) is 6.93. The number of esters is 1. The molecular formula is C21H18O2. The summed E-state index contributed by atoms with van der Waals surface area (Å²) in [7, 11) is 0. The zero-order valence-corrected chi connectivity index (χ0v) is 13.0. The van der Waals surface area contributed by atoms with E-state index in [1.54, 1.807) is 0 Å². The minimum absolute atomic E-state index is 0.288. The molecule has 0 atom stereocenters. The van der Waals surface area contributed by atoms with E-state index >= 15 is 0 Å². The molecule has 0 saturated carbocycles. The Hall–Kier alpha value is -2.87. The summed E-state index contributed by atoms with van der Waals surface area (Å²) in [4.78, 5) is 12.4. The van der Waals surface area contributed by atoms with Gasteiger partial charge in [-0.1, -0.05) is 72.8 Å². The second-order valence-corrected chi connectivity index (χ2v) is 5.18. The maximum Gasteiger partial charge on any atom is 0.338 e. The molecular weight excluding hydrogens is 284 g/mol.